The second kappa shape index (κ2) is 8.71. The average molecular weight is 324 g/mol. The van der Waals surface area contributed by atoms with E-state index in [-0.39, 0.29) is 5.41 Å². The Morgan fingerprint density at radius 1 is 0.520 bits per heavy atom. The monoisotopic (exact) mass is 324 g/mol. The summed E-state index contributed by atoms with van der Waals surface area (Å²) >= 11 is 0. The Morgan fingerprint density at radius 2 is 0.920 bits per heavy atom. The number of hydrogen-bond donors (Lipinski definition) is 0. The minimum Gasteiger partial charge on any atom is -0.0887 e. The van der Waals surface area contributed by atoms with Crippen molar-refractivity contribution in [1.82, 2.24) is 0 Å². The summed E-state index contributed by atoms with van der Waals surface area (Å²) in [6.45, 7) is 0. The molecule has 0 aliphatic rings. The number of rotatable bonds is 8. The first-order valence-electron chi connectivity index (χ1n) is 9.24. The molecule has 0 unspecified atom stereocenters. The van der Waals surface area contributed by atoms with Gasteiger partial charge in [0, 0.05) is 5.41 Å². The van der Waals surface area contributed by atoms with Crippen LogP contribution in [-0.4, -0.2) is 7.85 Å². The van der Waals surface area contributed by atoms with Crippen LogP contribution in [0.1, 0.15) is 42.4 Å². The summed E-state index contributed by atoms with van der Waals surface area (Å²) in [5.41, 5.74) is 3.97. The van der Waals surface area contributed by atoms with Crippen molar-refractivity contribution in [2.75, 3.05) is 0 Å². The highest BCUT2D eigenvalue weighted by atomic mass is 14.4. The highest BCUT2D eigenvalue weighted by Gasteiger charge is 2.35. The molecule has 0 saturated carbocycles. The molecular weight excluding hydrogens is 299 g/mol. The third-order valence-electron chi connectivity index (χ3n) is 5.06. The zero-order chi connectivity index (χ0) is 17.4. The van der Waals surface area contributed by atoms with E-state index in [0.717, 1.165) is 25.6 Å². The van der Waals surface area contributed by atoms with Gasteiger partial charge in [0.25, 0.3) is 0 Å². The normalized spacial score (nSPS) is 11.4. The first-order chi connectivity index (χ1) is 12.4. The van der Waals surface area contributed by atoms with Gasteiger partial charge in [0.05, 0.1) is 7.85 Å². The molecule has 3 aromatic carbocycles. The van der Waals surface area contributed by atoms with Gasteiger partial charge in [0.2, 0.25) is 0 Å². The third kappa shape index (κ3) is 3.87. The van der Waals surface area contributed by atoms with Gasteiger partial charge in [0.15, 0.2) is 0 Å². The largest absolute Gasteiger partial charge is 0.0887 e. The van der Waals surface area contributed by atoms with Crippen LogP contribution in [0.4, 0.5) is 0 Å². The molecule has 0 atom stereocenters. The van der Waals surface area contributed by atoms with Gasteiger partial charge < -0.3 is 0 Å². The molecular formula is C24H25B. The first-order valence-corrected chi connectivity index (χ1v) is 9.24. The van der Waals surface area contributed by atoms with Crippen LogP contribution in [0.2, 0.25) is 6.32 Å². The van der Waals surface area contributed by atoms with Crippen LogP contribution in [0.15, 0.2) is 91.0 Å². The van der Waals surface area contributed by atoms with E-state index in [1.54, 1.807) is 0 Å². The van der Waals surface area contributed by atoms with E-state index in [4.69, 9.17) is 7.85 Å². The summed E-state index contributed by atoms with van der Waals surface area (Å²) in [6.07, 6.45) is 5.29. The smallest absolute Gasteiger partial charge is 0.0653 e. The Bertz CT molecular complexity index is 638. The van der Waals surface area contributed by atoms with Crippen molar-refractivity contribution in [3.63, 3.8) is 0 Å². The molecule has 0 N–H and O–H groups in total. The molecule has 0 nitrogen and oxygen atoms in total. The molecule has 1 heteroatoms. The second-order valence-corrected chi connectivity index (χ2v) is 6.60. The number of benzene rings is 3. The lowest BCUT2D eigenvalue weighted by molar-refractivity contribution is 0.515. The fourth-order valence-corrected chi connectivity index (χ4v) is 3.81. The van der Waals surface area contributed by atoms with E-state index in [1.165, 1.54) is 23.1 Å². The zero-order valence-corrected chi connectivity index (χ0v) is 14.8. The van der Waals surface area contributed by atoms with Gasteiger partial charge in [-0.15, -0.1) is 0 Å². The van der Waals surface area contributed by atoms with Crippen LogP contribution in [0.25, 0.3) is 0 Å². The van der Waals surface area contributed by atoms with Crippen molar-refractivity contribution in [3.05, 3.63) is 108 Å². The molecule has 0 aliphatic heterocycles. The summed E-state index contributed by atoms with van der Waals surface area (Å²) in [4.78, 5) is 0. The van der Waals surface area contributed by atoms with E-state index < -0.39 is 0 Å². The molecule has 25 heavy (non-hydrogen) atoms. The van der Waals surface area contributed by atoms with Crippen molar-refractivity contribution in [2.45, 2.75) is 37.4 Å². The molecule has 0 bridgehead atoms. The predicted octanol–water partition coefficient (Wildman–Crippen LogP) is 6.17. The maximum absolute atomic E-state index is 5.71. The standard InChI is InChI=1S/C24H25B/c25-20-12-4-11-19-24(21-13-5-1-6-14-21,22-15-7-2-8-16-22)23-17-9-3-10-18-23/h1-3,5-10,13-18H,4,11-12,19-20H2. The lowest BCUT2D eigenvalue weighted by Gasteiger charge is -2.36. The van der Waals surface area contributed by atoms with Crippen LogP contribution in [0, 0.1) is 0 Å². The van der Waals surface area contributed by atoms with E-state index in [0.29, 0.717) is 0 Å². The molecule has 0 aromatic heterocycles. The Labute approximate surface area is 153 Å². The summed E-state index contributed by atoms with van der Waals surface area (Å²) in [5.74, 6) is 0. The Hall–Kier alpha value is -2.28. The van der Waals surface area contributed by atoms with Crippen molar-refractivity contribution in [1.29, 1.82) is 0 Å². The van der Waals surface area contributed by atoms with Gasteiger partial charge in [-0.25, -0.2) is 0 Å². The van der Waals surface area contributed by atoms with Crippen LogP contribution in [0.5, 0.6) is 0 Å². The molecule has 0 fully saturated rings. The Morgan fingerprint density at radius 3 is 1.28 bits per heavy atom. The average Bonchev–Trinajstić information content (AvgIpc) is 2.70. The summed E-state index contributed by atoms with van der Waals surface area (Å²) < 4.78 is 0. The van der Waals surface area contributed by atoms with Crippen LogP contribution in [-0.2, 0) is 5.41 Å². The lowest BCUT2D eigenvalue weighted by atomic mass is 9.66. The fourth-order valence-electron chi connectivity index (χ4n) is 3.81. The maximum Gasteiger partial charge on any atom is 0.0653 e. The van der Waals surface area contributed by atoms with Crippen molar-refractivity contribution in [3.8, 4) is 0 Å². The van der Waals surface area contributed by atoms with E-state index in [9.17, 15) is 0 Å². The molecule has 0 heterocycles. The molecule has 2 radical (unpaired) electrons. The molecule has 3 rings (SSSR count). The van der Waals surface area contributed by atoms with Gasteiger partial charge >= 0.3 is 0 Å². The van der Waals surface area contributed by atoms with Crippen molar-refractivity contribution >= 4 is 7.85 Å². The van der Waals surface area contributed by atoms with Crippen LogP contribution in [0.3, 0.4) is 0 Å². The minimum absolute atomic E-state index is 0.113. The first kappa shape index (κ1) is 17.5. The molecule has 0 spiro atoms. The predicted molar refractivity (Wildman–Crippen MR) is 108 cm³/mol. The van der Waals surface area contributed by atoms with E-state index >= 15 is 0 Å². The van der Waals surface area contributed by atoms with Crippen LogP contribution >= 0.6 is 0 Å². The topological polar surface area (TPSA) is 0 Å². The van der Waals surface area contributed by atoms with Crippen LogP contribution < -0.4 is 0 Å². The van der Waals surface area contributed by atoms with Gasteiger partial charge in [-0.3, -0.25) is 0 Å². The Kier molecular flexibility index (Phi) is 6.12. The fraction of sp³-hybridized carbons (Fsp3) is 0.250. The van der Waals surface area contributed by atoms with Gasteiger partial charge in [-0.05, 0) is 23.1 Å². The highest BCUT2D eigenvalue weighted by Crippen LogP contribution is 2.43. The van der Waals surface area contributed by atoms with Crippen molar-refractivity contribution < 1.29 is 0 Å². The SMILES string of the molecule is [B]CCCCCC(c1ccccc1)(c1ccccc1)c1ccccc1. The Balaban J connectivity index is 2.13. The molecule has 0 amide bonds. The molecule has 0 saturated heterocycles. The summed E-state index contributed by atoms with van der Waals surface area (Å²) in [5, 5.41) is 0. The lowest BCUT2D eigenvalue weighted by Crippen LogP contribution is -2.29. The number of hydrogen-bond acceptors (Lipinski definition) is 0. The zero-order valence-electron chi connectivity index (χ0n) is 14.8. The quantitative estimate of drug-likeness (QED) is 0.264. The summed E-state index contributed by atoms with van der Waals surface area (Å²) in [6, 6.07) is 32.8. The third-order valence-corrected chi connectivity index (χ3v) is 5.06. The molecule has 124 valence electrons. The molecule has 0 aliphatic carbocycles. The van der Waals surface area contributed by atoms with Gasteiger partial charge in [-0.2, -0.15) is 0 Å². The van der Waals surface area contributed by atoms with Gasteiger partial charge in [-0.1, -0.05) is 117 Å². The maximum atomic E-state index is 5.71. The summed E-state index contributed by atoms with van der Waals surface area (Å²) in [7, 11) is 5.71. The minimum atomic E-state index is -0.113. The van der Waals surface area contributed by atoms with E-state index in [1.807, 2.05) is 0 Å². The van der Waals surface area contributed by atoms with Crippen molar-refractivity contribution in [2.24, 2.45) is 0 Å². The highest BCUT2D eigenvalue weighted by molar-refractivity contribution is 6.08. The number of unbranched alkanes of at least 4 members (excludes halogenated alkanes) is 2. The second-order valence-electron chi connectivity index (χ2n) is 6.60. The van der Waals surface area contributed by atoms with E-state index in [2.05, 4.69) is 91.0 Å². The molecule has 3 aromatic rings. The van der Waals surface area contributed by atoms with Gasteiger partial charge in [0.1, 0.15) is 0 Å².